The van der Waals surface area contributed by atoms with Gasteiger partial charge in [0.25, 0.3) is 0 Å². The number of nitrogens with one attached hydrogen (secondary N) is 1. The van der Waals surface area contributed by atoms with E-state index in [0.717, 1.165) is 11.3 Å². The van der Waals surface area contributed by atoms with E-state index >= 15 is 0 Å². The highest BCUT2D eigenvalue weighted by molar-refractivity contribution is 7.90. The van der Waals surface area contributed by atoms with Crippen molar-refractivity contribution in [1.29, 1.82) is 0 Å². The SMILES string of the molecule is COc1cccc(CC(CCS(C)(=O)=O)NN)c1. The third kappa shape index (κ3) is 5.48. The van der Waals surface area contributed by atoms with Gasteiger partial charge in [0.2, 0.25) is 0 Å². The van der Waals surface area contributed by atoms with Crippen LogP contribution in [0.3, 0.4) is 0 Å². The van der Waals surface area contributed by atoms with Crippen LogP contribution in [0.4, 0.5) is 0 Å². The van der Waals surface area contributed by atoms with E-state index in [9.17, 15) is 8.42 Å². The Bertz CT molecular complexity index is 474. The van der Waals surface area contributed by atoms with Crippen LogP contribution in [0, 0.1) is 0 Å². The number of rotatable bonds is 7. The predicted octanol–water partition coefficient (Wildman–Crippen LogP) is 0.504. The van der Waals surface area contributed by atoms with Crippen LogP contribution in [0.5, 0.6) is 5.75 Å². The van der Waals surface area contributed by atoms with Crippen molar-refractivity contribution in [3.05, 3.63) is 29.8 Å². The van der Waals surface area contributed by atoms with E-state index in [-0.39, 0.29) is 11.8 Å². The number of ether oxygens (including phenoxy) is 1. The van der Waals surface area contributed by atoms with Crippen LogP contribution >= 0.6 is 0 Å². The van der Waals surface area contributed by atoms with Gasteiger partial charge in [0.15, 0.2) is 0 Å². The molecule has 0 radical (unpaired) electrons. The fraction of sp³-hybridized carbons (Fsp3) is 0.500. The monoisotopic (exact) mass is 272 g/mol. The molecule has 1 aromatic rings. The largest absolute Gasteiger partial charge is 0.497 e. The maximum Gasteiger partial charge on any atom is 0.147 e. The summed E-state index contributed by atoms with van der Waals surface area (Å²) in [6, 6.07) is 7.59. The highest BCUT2D eigenvalue weighted by atomic mass is 32.2. The van der Waals surface area contributed by atoms with Gasteiger partial charge in [-0.15, -0.1) is 0 Å². The average Bonchev–Trinajstić information content (AvgIpc) is 2.33. The molecule has 0 amide bonds. The number of benzene rings is 1. The maximum atomic E-state index is 11.1. The Kier molecular flexibility index (Phi) is 5.58. The Morgan fingerprint density at radius 1 is 1.44 bits per heavy atom. The van der Waals surface area contributed by atoms with Gasteiger partial charge in [0, 0.05) is 12.3 Å². The summed E-state index contributed by atoms with van der Waals surface area (Å²) in [4.78, 5) is 0. The summed E-state index contributed by atoms with van der Waals surface area (Å²) < 4.78 is 27.4. The third-order valence-electron chi connectivity index (χ3n) is 2.69. The topological polar surface area (TPSA) is 81.4 Å². The van der Waals surface area contributed by atoms with Gasteiger partial charge < -0.3 is 4.74 Å². The van der Waals surface area contributed by atoms with Gasteiger partial charge in [-0.3, -0.25) is 11.3 Å². The van der Waals surface area contributed by atoms with Gasteiger partial charge in [0.1, 0.15) is 15.6 Å². The first-order chi connectivity index (χ1) is 8.44. The molecule has 1 unspecified atom stereocenters. The molecule has 0 spiro atoms. The highest BCUT2D eigenvalue weighted by Gasteiger charge is 2.12. The number of hydrogen-bond acceptors (Lipinski definition) is 5. The zero-order chi connectivity index (χ0) is 13.6. The molecule has 18 heavy (non-hydrogen) atoms. The van der Waals surface area contributed by atoms with Crippen molar-refractivity contribution < 1.29 is 13.2 Å². The lowest BCUT2D eigenvalue weighted by Gasteiger charge is -2.15. The molecule has 0 aromatic heterocycles. The number of hydrazine groups is 1. The van der Waals surface area contributed by atoms with Crippen molar-refractivity contribution in [1.82, 2.24) is 5.43 Å². The first-order valence-corrected chi connectivity index (χ1v) is 7.77. The van der Waals surface area contributed by atoms with E-state index < -0.39 is 9.84 Å². The maximum absolute atomic E-state index is 11.1. The quantitative estimate of drug-likeness (QED) is 0.558. The number of nitrogens with two attached hydrogens (primary N) is 1. The summed E-state index contributed by atoms with van der Waals surface area (Å²) >= 11 is 0. The Hall–Kier alpha value is -1.11. The Morgan fingerprint density at radius 3 is 2.72 bits per heavy atom. The van der Waals surface area contributed by atoms with Crippen LogP contribution in [-0.2, 0) is 16.3 Å². The van der Waals surface area contributed by atoms with Gasteiger partial charge in [-0.1, -0.05) is 12.1 Å². The number of methoxy groups -OCH3 is 1. The summed E-state index contributed by atoms with van der Waals surface area (Å²) in [6.45, 7) is 0. The molecule has 0 aliphatic heterocycles. The smallest absolute Gasteiger partial charge is 0.147 e. The molecule has 0 aliphatic carbocycles. The van der Waals surface area contributed by atoms with Crippen molar-refractivity contribution in [2.75, 3.05) is 19.1 Å². The van der Waals surface area contributed by atoms with Crippen LogP contribution in [0.25, 0.3) is 0 Å². The van der Waals surface area contributed by atoms with Gasteiger partial charge in [0.05, 0.1) is 12.9 Å². The molecule has 1 atom stereocenters. The van der Waals surface area contributed by atoms with Crippen LogP contribution in [0.2, 0.25) is 0 Å². The van der Waals surface area contributed by atoms with Crippen molar-refractivity contribution in [2.24, 2.45) is 5.84 Å². The third-order valence-corrected chi connectivity index (χ3v) is 3.67. The molecule has 0 saturated carbocycles. The van der Waals surface area contributed by atoms with E-state index in [1.165, 1.54) is 6.26 Å². The molecule has 3 N–H and O–H groups in total. The molecule has 0 fully saturated rings. The molecule has 5 nitrogen and oxygen atoms in total. The van der Waals surface area contributed by atoms with Gasteiger partial charge >= 0.3 is 0 Å². The lowest BCUT2D eigenvalue weighted by Crippen LogP contribution is -2.38. The molecule has 0 aliphatic rings. The van der Waals surface area contributed by atoms with Crippen LogP contribution in [0.15, 0.2) is 24.3 Å². The fourth-order valence-electron chi connectivity index (χ4n) is 1.68. The Balaban J connectivity index is 2.61. The first kappa shape index (κ1) is 14.9. The van der Waals surface area contributed by atoms with E-state index in [1.54, 1.807) is 7.11 Å². The van der Waals surface area contributed by atoms with E-state index in [0.29, 0.717) is 12.8 Å². The molecule has 0 heterocycles. The van der Waals surface area contributed by atoms with Crippen molar-refractivity contribution in [2.45, 2.75) is 18.9 Å². The zero-order valence-corrected chi connectivity index (χ0v) is 11.5. The Labute approximate surface area is 108 Å². The number of hydrogen-bond donors (Lipinski definition) is 2. The summed E-state index contributed by atoms with van der Waals surface area (Å²) in [5.41, 5.74) is 3.72. The fourth-order valence-corrected chi connectivity index (χ4v) is 2.40. The minimum Gasteiger partial charge on any atom is -0.497 e. The predicted molar refractivity (Wildman–Crippen MR) is 72.1 cm³/mol. The van der Waals surface area contributed by atoms with E-state index in [2.05, 4.69) is 5.43 Å². The van der Waals surface area contributed by atoms with Crippen LogP contribution in [0.1, 0.15) is 12.0 Å². The molecule has 1 aromatic carbocycles. The molecule has 102 valence electrons. The average molecular weight is 272 g/mol. The molecular weight excluding hydrogens is 252 g/mol. The van der Waals surface area contributed by atoms with Gasteiger partial charge in [-0.05, 0) is 30.5 Å². The summed E-state index contributed by atoms with van der Waals surface area (Å²) in [5.74, 6) is 6.36. The van der Waals surface area contributed by atoms with Crippen molar-refractivity contribution >= 4 is 9.84 Å². The second kappa shape index (κ2) is 6.72. The second-order valence-corrected chi connectivity index (χ2v) is 6.60. The molecule has 0 saturated heterocycles. The Morgan fingerprint density at radius 2 is 2.17 bits per heavy atom. The summed E-state index contributed by atoms with van der Waals surface area (Å²) in [7, 11) is -1.34. The van der Waals surface area contributed by atoms with Crippen molar-refractivity contribution in [3.63, 3.8) is 0 Å². The van der Waals surface area contributed by atoms with Crippen LogP contribution < -0.4 is 16.0 Å². The normalized spacial score (nSPS) is 13.3. The van der Waals surface area contributed by atoms with E-state index in [4.69, 9.17) is 10.6 Å². The molecule has 0 bridgehead atoms. The lowest BCUT2D eigenvalue weighted by atomic mass is 10.0. The molecular formula is C12H20N2O3S. The van der Waals surface area contributed by atoms with E-state index in [1.807, 2.05) is 24.3 Å². The minimum absolute atomic E-state index is 0.0631. The zero-order valence-electron chi connectivity index (χ0n) is 10.7. The van der Waals surface area contributed by atoms with Gasteiger partial charge in [-0.25, -0.2) is 8.42 Å². The first-order valence-electron chi connectivity index (χ1n) is 5.71. The standard InChI is InChI=1S/C12H20N2O3S/c1-17-12-5-3-4-10(9-12)8-11(14-13)6-7-18(2,15)16/h3-5,9,11,14H,6-8,13H2,1-2H3. The second-order valence-electron chi connectivity index (χ2n) is 4.34. The summed E-state index contributed by atoms with van der Waals surface area (Å²) in [5, 5.41) is 0. The van der Waals surface area contributed by atoms with Gasteiger partial charge in [-0.2, -0.15) is 0 Å². The highest BCUT2D eigenvalue weighted by Crippen LogP contribution is 2.14. The molecule has 6 heteroatoms. The summed E-state index contributed by atoms with van der Waals surface area (Å²) in [6.07, 6.45) is 2.39. The minimum atomic E-state index is -2.95. The lowest BCUT2D eigenvalue weighted by molar-refractivity contribution is 0.413. The van der Waals surface area contributed by atoms with Crippen molar-refractivity contribution in [3.8, 4) is 5.75 Å². The van der Waals surface area contributed by atoms with Crippen LogP contribution in [-0.4, -0.2) is 33.6 Å². The number of sulfone groups is 1. The molecule has 1 rings (SSSR count).